The first-order valence-corrected chi connectivity index (χ1v) is 6.09. The summed E-state index contributed by atoms with van der Waals surface area (Å²) in [6.07, 6.45) is 2.05. The molecule has 2 amide bonds. The predicted octanol–water partition coefficient (Wildman–Crippen LogP) is -0.927. The highest BCUT2D eigenvalue weighted by atomic mass is 16.4. The molecule has 1 atom stereocenters. The number of aliphatic carboxylic acids is 1. The number of rotatable bonds is 5. The molecule has 4 N–H and O–H groups in total. The highest BCUT2D eigenvalue weighted by molar-refractivity contribution is 5.82. The number of amides is 2. The summed E-state index contributed by atoms with van der Waals surface area (Å²) in [7, 11) is 2.06. The Kier molecular flexibility index (Phi) is 5.87. The van der Waals surface area contributed by atoms with E-state index in [0.29, 0.717) is 12.5 Å². The fraction of sp³-hybridized carbons (Fsp3) is 0.818. The van der Waals surface area contributed by atoms with Crippen molar-refractivity contribution in [3.05, 3.63) is 0 Å². The molecular formula is C11H21N3O4. The lowest BCUT2D eigenvalue weighted by Gasteiger charge is -2.29. The maximum absolute atomic E-state index is 11.4. The normalized spacial score (nSPS) is 19.2. The van der Waals surface area contributed by atoms with Gasteiger partial charge in [0.25, 0.3) is 0 Å². The number of carbonyl (C=O) groups is 2. The Morgan fingerprint density at radius 3 is 2.50 bits per heavy atom. The van der Waals surface area contributed by atoms with Gasteiger partial charge in [0.05, 0.1) is 6.61 Å². The minimum atomic E-state index is -1.25. The highest BCUT2D eigenvalue weighted by Gasteiger charge is 2.20. The van der Waals surface area contributed by atoms with Gasteiger partial charge in [-0.15, -0.1) is 0 Å². The molecule has 18 heavy (non-hydrogen) atoms. The van der Waals surface area contributed by atoms with E-state index in [2.05, 4.69) is 22.6 Å². The number of aliphatic hydroxyl groups excluding tert-OH is 1. The number of piperidine rings is 1. The summed E-state index contributed by atoms with van der Waals surface area (Å²) < 4.78 is 0. The van der Waals surface area contributed by atoms with Crippen LogP contribution in [0.1, 0.15) is 12.8 Å². The van der Waals surface area contributed by atoms with Crippen LogP contribution in [0.5, 0.6) is 0 Å². The summed E-state index contributed by atoms with van der Waals surface area (Å²) in [5.74, 6) is -0.809. The van der Waals surface area contributed by atoms with Crippen LogP contribution in [0.2, 0.25) is 0 Å². The van der Waals surface area contributed by atoms with E-state index >= 15 is 0 Å². The topological polar surface area (TPSA) is 102 Å². The molecule has 0 spiro atoms. The fourth-order valence-corrected chi connectivity index (χ4v) is 1.90. The van der Waals surface area contributed by atoms with Crippen molar-refractivity contribution in [2.75, 3.05) is 33.3 Å². The molecule has 0 aromatic carbocycles. The van der Waals surface area contributed by atoms with E-state index in [-0.39, 0.29) is 0 Å². The first-order valence-electron chi connectivity index (χ1n) is 6.09. The van der Waals surface area contributed by atoms with Crippen LogP contribution in [-0.2, 0) is 4.79 Å². The lowest BCUT2D eigenvalue weighted by molar-refractivity contribution is -0.140. The van der Waals surface area contributed by atoms with E-state index in [0.717, 1.165) is 25.9 Å². The third kappa shape index (κ3) is 4.89. The maximum atomic E-state index is 11.4. The Labute approximate surface area is 106 Å². The Morgan fingerprint density at radius 1 is 1.39 bits per heavy atom. The fourth-order valence-electron chi connectivity index (χ4n) is 1.90. The number of nitrogens with one attached hydrogen (secondary N) is 2. The monoisotopic (exact) mass is 259 g/mol. The van der Waals surface area contributed by atoms with Crippen LogP contribution in [0, 0.1) is 5.92 Å². The van der Waals surface area contributed by atoms with E-state index in [1.54, 1.807) is 0 Å². The van der Waals surface area contributed by atoms with Gasteiger partial charge in [-0.3, -0.25) is 0 Å². The Balaban J connectivity index is 2.22. The second kappa shape index (κ2) is 7.17. The molecule has 7 nitrogen and oxygen atoms in total. The summed E-state index contributed by atoms with van der Waals surface area (Å²) in [5.41, 5.74) is 0. The smallest absolute Gasteiger partial charge is 0.328 e. The van der Waals surface area contributed by atoms with Crippen LogP contribution in [0.25, 0.3) is 0 Å². The minimum Gasteiger partial charge on any atom is -0.480 e. The average Bonchev–Trinajstić information content (AvgIpc) is 2.35. The number of nitrogens with zero attached hydrogens (tertiary/aromatic N) is 1. The molecule has 1 heterocycles. The third-order valence-corrected chi connectivity index (χ3v) is 3.18. The first kappa shape index (κ1) is 14.7. The molecule has 104 valence electrons. The number of urea groups is 1. The lowest BCUT2D eigenvalue weighted by Crippen LogP contribution is -2.49. The molecule has 7 heteroatoms. The summed E-state index contributed by atoms with van der Waals surface area (Å²) in [4.78, 5) is 24.3. The van der Waals surface area contributed by atoms with Gasteiger partial charge in [0.15, 0.2) is 6.04 Å². The molecule has 0 bridgehead atoms. The van der Waals surface area contributed by atoms with Gasteiger partial charge in [0.1, 0.15) is 0 Å². The number of hydrogen-bond donors (Lipinski definition) is 4. The van der Waals surface area contributed by atoms with Gasteiger partial charge in [0, 0.05) is 6.54 Å². The largest absolute Gasteiger partial charge is 0.480 e. The Bertz CT molecular complexity index is 290. The van der Waals surface area contributed by atoms with E-state index in [4.69, 9.17) is 10.2 Å². The van der Waals surface area contributed by atoms with Crippen LogP contribution in [-0.4, -0.2) is 66.4 Å². The molecular weight excluding hydrogens is 238 g/mol. The molecule has 1 aliphatic rings. The van der Waals surface area contributed by atoms with Crippen molar-refractivity contribution in [2.45, 2.75) is 18.9 Å². The Hall–Kier alpha value is -1.34. The van der Waals surface area contributed by atoms with E-state index in [1.807, 2.05) is 0 Å². The lowest BCUT2D eigenvalue weighted by atomic mass is 9.97. The molecule has 0 aromatic rings. The number of carbonyl (C=O) groups excluding carboxylic acids is 1. The van der Waals surface area contributed by atoms with Crippen molar-refractivity contribution < 1.29 is 19.8 Å². The minimum absolute atomic E-state index is 0.435. The van der Waals surface area contributed by atoms with Crippen LogP contribution in [0.15, 0.2) is 0 Å². The molecule has 1 saturated heterocycles. The van der Waals surface area contributed by atoms with E-state index in [9.17, 15) is 9.59 Å². The zero-order chi connectivity index (χ0) is 13.5. The molecule has 0 radical (unpaired) electrons. The zero-order valence-electron chi connectivity index (χ0n) is 10.6. The molecule has 1 fully saturated rings. The molecule has 0 aromatic heterocycles. The molecule has 0 saturated carbocycles. The second-order valence-corrected chi connectivity index (χ2v) is 4.67. The zero-order valence-corrected chi connectivity index (χ0v) is 10.6. The van der Waals surface area contributed by atoms with Gasteiger partial charge < -0.3 is 25.7 Å². The average molecular weight is 259 g/mol. The second-order valence-electron chi connectivity index (χ2n) is 4.67. The predicted molar refractivity (Wildman–Crippen MR) is 65.3 cm³/mol. The number of hydrogen-bond acceptors (Lipinski definition) is 4. The van der Waals surface area contributed by atoms with Crippen molar-refractivity contribution in [3.8, 4) is 0 Å². The van der Waals surface area contributed by atoms with E-state index < -0.39 is 24.6 Å². The molecule has 1 rings (SSSR count). The first-order chi connectivity index (χ1) is 8.52. The number of carboxylic acid groups (broad SMARTS) is 1. The van der Waals surface area contributed by atoms with Gasteiger partial charge in [-0.25, -0.2) is 9.59 Å². The van der Waals surface area contributed by atoms with E-state index in [1.165, 1.54) is 0 Å². The molecule has 1 unspecified atom stereocenters. The van der Waals surface area contributed by atoms with Crippen molar-refractivity contribution >= 4 is 12.0 Å². The quantitative estimate of drug-likeness (QED) is 0.511. The molecule has 1 aliphatic heterocycles. The van der Waals surface area contributed by atoms with Gasteiger partial charge in [0.2, 0.25) is 0 Å². The van der Waals surface area contributed by atoms with Crippen LogP contribution < -0.4 is 10.6 Å². The number of likely N-dealkylation sites (tertiary alicyclic amines) is 1. The van der Waals surface area contributed by atoms with Crippen LogP contribution >= 0.6 is 0 Å². The number of carboxylic acids is 1. The molecule has 0 aliphatic carbocycles. The highest BCUT2D eigenvalue weighted by Crippen LogP contribution is 2.14. The third-order valence-electron chi connectivity index (χ3n) is 3.18. The van der Waals surface area contributed by atoms with Crippen molar-refractivity contribution in [3.63, 3.8) is 0 Å². The summed E-state index contributed by atoms with van der Waals surface area (Å²) in [6.45, 7) is 1.96. The van der Waals surface area contributed by atoms with Gasteiger partial charge in [-0.05, 0) is 38.9 Å². The maximum Gasteiger partial charge on any atom is 0.328 e. The van der Waals surface area contributed by atoms with Gasteiger partial charge in [-0.1, -0.05) is 0 Å². The van der Waals surface area contributed by atoms with Gasteiger partial charge in [-0.2, -0.15) is 0 Å². The van der Waals surface area contributed by atoms with Crippen molar-refractivity contribution in [1.82, 2.24) is 15.5 Å². The van der Waals surface area contributed by atoms with Crippen LogP contribution in [0.3, 0.4) is 0 Å². The summed E-state index contributed by atoms with van der Waals surface area (Å²) in [5, 5.41) is 22.3. The summed E-state index contributed by atoms with van der Waals surface area (Å²) in [6, 6.07) is -1.79. The summed E-state index contributed by atoms with van der Waals surface area (Å²) >= 11 is 0. The number of aliphatic hydroxyl groups is 1. The standard InChI is InChI=1S/C11H21N3O4/c1-14-4-2-8(3-5-14)6-12-11(18)13-9(7-15)10(16)17/h8-9,15H,2-7H2,1H3,(H,16,17)(H2,12,13,18). The van der Waals surface area contributed by atoms with Crippen LogP contribution in [0.4, 0.5) is 4.79 Å². The SMILES string of the molecule is CN1CCC(CNC(=O)NC(CO)C(=O)O)CC1. The van der Waals surface area contributed by atoms with Gasteiger partial charge >= 0.3 is 12.0 Å². The van der Waals surface area contributed by atoms with Crippen molar-refractivity contribution in [1.29, 1.82) is 0 Å². The van der Waals surface area contributed by atoms with Crippen molar-refractivity contribution in [2.24, 2.45) is 5.92 Å². The Morgan fingerprint density at radius 2 is 2.00 bits per heavy atom.